The molecule has 0 spiro atoms. The van der Waals surface area contributed by atoms with Gasteiger partial charge in [0.2, 0.25) is 0 Å². The largest absolute Gasteiger partial charge is 0.309 e. The predicted molar refractivity (Wildman–Crippen MR) is 60.4 cm³/mol. The summed E-state index contributed by atoms with van der Waals surface area (Å²) in [5, 5.41) is 3.61. The zero-order chi connectivity index (χ0) is 10.3. The van der Waals surface area contributed by atoms with Gasteiger partial charge in [0.05, 0.1) is 0 Å². The Morgan fingerprint density at radius 2 is 2.14 bits per heavy atom. The zero-order valence-electron chi connectivity index (χ0n) is 10.0. The molecule has 2 rings (SSSR count). The van der Waals surface area contributed by atoms with Gasteiger partial charge in [0.1, 0.15) is 0 Å². The van der Waals surface area contributed by atoms with Gasteiger partial charge in [-0.25, -0.2) is 0 Å². The smallest absolute Gasteiger partial charge is 0.0253 e. The Labute approximate surface area is 88.1 Å². The van der Waals surface area contributed by atoms with Gasteiger partial charge in [0.25, 0.3) is 0 Å². The van der Waals surface area contributed by atoms with Crippen LogP contribution in [0.15, 0.2) is 0 Å². The van der Waals surface area contributed by atoms with Crippen LogP contribution in [0, 0.1) is 5.92 Å². The van der Waals surface area contributed by atoms with Crippen LogP contribution in [0.1, 0.15) is 40.5 Å². The highest BCUT2D eigenvalue weighted by Gasteiger charge is 2.45. The first-order valence-corrected chi connectivity index (χ1v) is 6.04. The van der Waals surface area contributed by atoms with Crippen molar-refractivity contribution in [1.29, 1.82) is 0 Å². The molecule has 1 saturated carbocycles. The summed E-state index contributed by atoms with van der Waals surface area (Å²) in [7, 11) is 0. The van der Waals surface area contributed by atoms with Crippen molar-refractivity contribution in [2.45, 2.75) is 58.2 Å². The van der Waals surface area contributed by atoms with Gasteiger partial charge in [0, 0.05) is 30.7 Å². The second-order valence-corrected chi connectivity index (χ2v) is 5.76. The third-order valence-electron chi connectivity index (χ3n) is 3.86. The molecule has 2 nitrogen and oxygen atoms in total. The number of hydrogen-bond donors (Lipinski definition) is 1. The highest BCUT2D eigenvalue weighted by Crippen LogP contribution is 2.40. The van der Waals surface area contributed by atoms with E-state index in [0.717, 1.165) is 24.5 Å². The van der Waals surface area contributed by atoms with E-state index < -0.39 is 0 Å². The van der Waals surface area contributed by atoms with Crippen LogP contribution in [0.25, 0.3) is 0 Å². The molecule has 0 bridgehead atoms. The molecule has 1 N–H and O–H groups in total. The minimum atomic E-state index is 0.313. The number of hydrogen-bond acceptors (Lipinski definition) is 2. The molecule has 1 heterocycles. The average molecular weight is 196 g/mol. The molecular formula is C12H24N2. The fraction of sp³-hybridized carbons (Fsp3) is 1.00. The average Bonchev–Trinajstić information content (AvgIpc) is 2.88. The van der Waals surface area contributed by atoms with Crippen molar-refractivity contribution in [2.75, 3.05) is 13.1 Å². The quantitative estimate of drug-likeness (QED) is 0.725. The van der Waals surface area contributed by atoms with Crippen LogP contribution in [0.2, 0.25) is 0 Å². The van der Waals surface area contributed by atoms with Gasteiger partial charge in [-0.15, -0.1) is 0 Å². The summed E-state index contributed by atoms with van der Waals surface area (Å²) in [4.78, 5) is 2.73. The van der Waals surface area contributed by atoms with E-state index in [1.807, 2.05) is 0 Å². The van der Waals surface area contributed by atoms with Crippen molar-refractivity contribution in [1.82, 2.24) is 10.2 Å². The van der Waals surface area contributed by atoms with E-state index in [9.17, 15) is 0 Å². The molecule has 1 aliphatic heterocycles. The fourth-order valence-corrected chi connectivity index (χ4v) is 2.73. The highest BCUT2D eigenvalue weighted by atomic mass is 15.3. The van der Waals surface area contributed by atoms with Crippen LogP contribution in [0.4, 0.5) is 0 Å². The maximum atomic E-state index is 3.61. The number of rotatable bonds is 2. The van der Waals surface area contributed by atoms with E-state index in [1.165, 1.54) is 19.4 Å². The maximum Gasteiger partial charge on any atom is 0.0253 e. The molecule has 2 heteroatoms. The summed E-state index contributed by atoms with van der Waals surface area (Å²) < 4.78 is 0. The minimum Gasteiger partial charge on any atom is -0.309 e. The third kappa shape index (κ3) is 1.96. The lowest BCUT2D eigenvalue weighted by atomic mass is 9.99. The molecule has 0 amide bonds. The first kappa shape index (κ1) is 10.4. The fourth-order valence-electron chi connectivity index (χ4n) is 2.73. The molecule has 3 unspecified atom stereocenters. The van der Waals surface area contributed by atoms with Gasteiger partial charge in [-0.2, -0.15) is 0 Å². The van der Waals surface area contributed by atoms with Crippen molar-refractivity contribution in [2.24, 2.45) is 5.92 Å². The van der Waals surface area contributed by atoms with Crippen LogP contribution in [0.5, 0.6) is 0 Å². The summed E-state index contributed by atoms with van der Waals surface area (Å²) in [5.41, 5.74) is 0.313. The summed E-state index contributed by atoms with van der Waals surface area (Å²) in [5.74, 6) is 0.992. The molecule has 2 fully saturated rings. The predicted octanol–water partition coefficient (Wildman–Crippen LogP) is 1.86. The summed E-state index contributed by atoms with van der Waals surface area (Å²) in [6.07, 6.45) is 2.80. The van der Waals surface area contributed by atoms with Crippen LogP contribution >= 0.6 is 0 Å². The number of nitrogens with one attached hydrogen (secondary N) is 1. The Morgan fingerprint density at radius 1 is 1.43 bits per heavy atom. The molecule has 82 valence electrons. The molecule has 0 aromatic carbocycles. The zero-order valence-corrected chi connectivity index (χ0v) is 10.0. The maximum absolute atomic E-state index is 3.61. The highest BCUT2D eigenvalue weighted by molar-refractivity contribution is 5.01. The van der Waals surface area contributed by atoms with Crippen molar-refractivity contribution < 1.29 is 0 Å². The monoisotopic (exact) mass is 196 g/mol. The lowest BCUT2D eigenvalue weighted by molar-refractivity contribution is 0.0917. The SMILES string of the molecule is CCC1CC1N1CC(C)(C)NCC1C. The Balaban J connectivity index is 1.96. The van der Waals surface area contributed by atoms with Crippen LogP contribution in [-0.2, 0) is 0 Å². The molecule has 3 atom stereocenters. The van der Waals surface area contributed by atoms with Crippen molar-refractivity contribution in [3.05, 3.63) is 0 Å². The van der Waals surface area contributed by atoms with E-state index >= 15 is 0 Å². The van der Waals surface area contributed by atoms with Gasteiger partial charge in [-0.3, -0.25) is 4.90 Å². The molecule has 0 aromatic rings. The van der Waals surface area contributed by atoms with Crippen molar-refractivity contribution >= 4 is 0 Å². The molecule has 0 radical (unpaired) electrons. The van der Waals surface area contributed by atoms with Crippen LogP contribution in [0.3, 0.4) is 0 Å². The van der Waals surface area contributed by atoms with Crippen molar-refractivity contribution in [3.8, 4) is 0 Å². The van der Waals surface area contributed by atoms with E-state index in [2.05, 4.69) is 37.9 Å². The van der Waals surface area contributed by atoms with E-state index in [-0.39, 0.29) is 0 Å². The first-order chi connectivity index (χ1) is 6.53. The lowest BCUT2D eigenvalue weighted by Gasteiger charge is -2.44. The second kappa shape index (κ2) is 3.49. The number of nitrogens with zero attached hydrogens (tertiary/aromatic N) is 1. The normalized spacial score (nSPS) is 42.4. The van der Waals surface area contributed by atoms with E-state index in [1.54, 1.807) is 0 Å². The van der Waals surface area contributed by atoms with Gasteiger partial charge in [0.15, 0.2) is 0 Å². The lowest BCUT2D eigenvalue weighted by Crippen LogP contribution is -2.61. The summed E-state index contributed by atoms with van der Waals surface area (Å²) >= 11 is 0. The molecule has 2 aliphatic rings. The minimum absolute atomic E-state index is 0.313. The first-order valence-electron chi connectivity index (χ1n) is 6.04. The van der Waals surface area contributed by atoms with Gasteiger partial charge in [-0.1, -0.05) is 13.3 Å². The van der Waals surface area contributed by atoms with Crippen molar-refractivity contribution in [3.63, 3.8) is 0 Å². The van der Waals surface area contributed by atoms with Gasteiger partial charge >= 0.3 is 0 Å². The van der Waals surface area contributed by atoms with Gasteiger partial charge in [-0.05, 0) is 33.1 Å². The topological polar surface area (TPSA) is 15.3 Å². The number of piperazine rings is 1. The van der Waals surface area contributed by atoms with Crippen LogP contribution in [-0.4, -0.2) is 35.6 Å². The molecule has 1 aliphatic carbocycles. The third-order valence-corrected chi connectivity index (χ3v) is 3.86. The Hall–Kier alpha value is -0.0800. The summed E-state index contributed by atoms with van der Waals surface area (Å²) in [6.45, 7) is 11.7. The summed E-state index contributed by atoms with van der Waals surface area (Å²) in [6, 6.07) is 1.63. The Bertz CT molecular complexity index is 212. The molecule has 14 heavy (non-hydrogen) atoms. The van der Waals surface area contributed by atoms with E-state index in [4.69, 9.17) is 0 Å². The second-order valence-electron chi connectivity index (χ2n) is 5.76. The molecule has 0 aromatic heterocycles. The van der Waals surface area contributed by atoms with Crippen LogP contribution < -0.4 is 5.32 Å². The van der Waals surface area contributed by atoms with Gasteiger partial charge < -0.3 is 5.32 Å². The molecule has 1 saturated heterocycles. The standard InChI is InChI=1S/C12H24N2/c1-5-10-6-11(10)14-8-12(3,4)13-7-9(14)2/h9-11,13H,5-8H2,1-4H3. The van der Waals surface area contributed by atoms with E-state index in [0.29, 0.717) is 5.54 Å². The Morgan fingerprint density at radius 3 is 2.71 bits per heavy atom. The molecular weight excluding hydrogens is 172 g/mol. The Kier molecular flexibility index (Phi) is 2.61.